The molecule has 4 rings (SSSR count). The second kappa shape index (κ2) is 5.07. The summed E-state index contributed by atoms with van der Waals surface area (Å²) in [5.41, 5.74) is 3.98. The molecular weight excluding hydrogens is 276 g/mol. The molecule has 0 saturated heterocycles. The minimum Gasteiger partial charge on any atom is -0.497 e. The Morgan fingerprint density at radius 1 is 1.09 bits per heavy atom. The van der Waals surface area contributed by atoms with Gasteiger partial charge in [-0.05, 0) is 42.5 Å². The van der Waals surface area contributed by atoms with Gasteiger partial charge in [0.1, 0.15) is 11.5 Å². The molecule has 0 bridgehead atoms. The topological polar surface area (TPSA) is 51.1 Å². The highest BCUT2D eigenvalue weighted by molar-refractivity contribution is 6.00. The zero-order valence-electron chi connectivity index (χ0n) is 12.0. The standard InChI is InChI=1S/C18H14N2O2/c1-21-13-6-4-12(5-7-13)17-14-8-9-19-18(14)15(11-20-17)16-3-2-10-22-16/h2-11,19H,1H3. The van der Waals surface area contributed by atoms with Crippen LogP contribution < -0.4 is 4.74 Å². The molecule has 0 radical (unpaired) electrons. The van der Waals surface area contributed by atoms with Crippen molar-refractivity contribution in [2.45, 2.75) is 0 Å². The summed E-state index contributed by atoms with van der Waals surface area (Å²) in [5, 5.41) is 1.07. The van der Waals surface area contributed by atoms with Gasteiger partial charge < -0.3 is 14.1 Å². The van der Waals surface area contributed by atoms with Crippen LogP contribution in [0.15, 0.2) is 65.5 Å². The Morgan fingerprint density at radius 2 is 1.95 bits per heavy atom. The maximum Gasteiger partial charge on any atom is 0.137 e. The number of methoxy groups -OCH3 is 1. The number of fused-ring (bicyclic) bond motifs is 1. The third-order valence-electron chi connectivity index (χ3n) is 3.74. The zero-order valence-corrected chi connectivity index (χ0v) is 12.0. The van der Waals surface area contributed by atoms with Crippen LogP contribution in [0.1, 0.15) is 0 Å². The van der Waals surface area contributed by atoms with Crippen molar-refractivity contribution in [1.82, 2.24) is 9.97 Å². The Labute approximate surface area is 127 Å². The zero-order chi connectivity index (χ0) is 14.9. The monoisotopic (exact) mass is 290 g/mol. The van der Waals surface area contributed by atoms with E-state index in [1.54, 1.807) is 13.4 Å². The van der Waals surface area contributed by atoms with Crippen LogP contribution in [0.2, 0.25) is 0 Å². The number of nitrogens with one attached hydrogen (secondary N) is 1. The Balaban J connectivity index is 1.89. The highest BCUT2D eigenvalue weighted by Crippen LogP contribution is 2.33. The maximum absolute atomic E-state index is 5.50. The van der Waals surface area contributed by atoms with Gasteiger partial charge in [-0.15, -0.1) is 0 Å². The van der Waals surface area contributed by atoms with E-state index in [-0.39, 0.29) is 0 Å². The van der Waals surface area contributed by atoms with Crippen LogP contribution in [0.5, 0.6) is 5.75 Å². The summed E-state index contributed by atoms with van der Waals surface area (Å²) >= 11 is 0. The number of benzene rings is 1. The summed E-state index contributed by atoms with van der Waals surface area (Å²) in [6.07, 6.45) is 5.44. The van der Waals surface area contributed by atoms with E-state index in [9.17, 15) is 0 Å². The van der Waals surface area contributed by atoms with Crippen molar-refractivity contribution in [2.24, 2.45) is 0 Å². The van der Waals surface area contributed by atoms with Crippen molar-refractivity contribution in [2.75, 3.05) is 7.11 Å². The molecular formula is C18H14N2O2. The summed E-state index contributed by atoms with van der Waals surface area (Å²) in [6, 6.07) is 13.8. The minimum absolute atomic E-state index is 0.807. The Hall–Kier alpha value is -3.01. The van der Waals surface area contributed by atoms with Crippen molar-refractivity contribution in [1.29, 1.82) is 0 Å². The fraction of sp³-hybridized carbons (Fsp3) is 0.0556. The van der Waals surface area contributed by atoms with Crippen molar-refractivity contribution < 1.29 is 9.15 Å². The molecule has 0 unspecified atom stereocenters. The lowest BCUT2D eigenvalue weighted by molar-refractivity contribution is 0.415. The molecule has 4 heteroatoms. The van der Waals surface area contributed by atoms with Crippen LogP contribution in [0.4, 0.5) is 0 Å². The highest BCUT2D eigenvalue weighted by Gasteiger charge is 2.13. The van der Waals surface area contributed by atoms with Crippen LogP contribution in [-0.4, -0.2) is 17.1 Å². The number of rotatable bonds is 3. The predicted molar refractivity (Wildman–Crippen MR) is 85.8 cm³/mol. The summed E-state index contributed by atoms with van der Waals surface area (Å²) in [7, 11) is 1.66. The van der Waals surface area contributed by atoms with Gasteiger partial charge >= 0.3 is 0 Å². The molecule has 22 heavy (non-hydrogen) atoms. The van der Waals surface area contributed by atoms with E-state index in [1.807, 2.05) is 54.9 Å². The van der Waals surface area contributed by atoms with Gasteiger partial charge in [0.15, 0.2) is 0 Å². The summed E-state index contributed by atoms with van der Waals surface area (Å²) in [4.78, 5) is 7.92. The number of ether oxygens (including phenoxy) is 1. The largest absolute Gasteiger partial charge is 0.497 e. The lowest BCUT2D eigenvalue weighted by Crippen LogP contribution is -1.88. The van der Waals surface area contributed by atoms with E-state index in [0.29, 0.717) is 0 Å². The summed E-state index contributed by atoms with van der Waals surface area (Å²) in [6.45, 7) is 0. The molecule has 0 aliphatic rings. The van der Waals surface area contributed by atoms with E-state index in [2.05, 4.69) is 9.97 Å². The van der Waals surface area contributed by atoms with E-state index in [1.165, 1.54) is 0 Å². The first kappa shape index (κ1) is 12.7. The number of pyridine rings is 1. The maximum atomic E-state index is 5.50. The van der Waals surface area contributed by atoms with Gasteiger partial charge in [-0.2, -0.15) is 0 Å². The molecule has 3 aromatic heterocycles. The molecule has 0 amide bonds. The number of furan rings is 1. The molecule has 0 aliphatic carbocycles. The smallest absolute Gasteiger partial charge is 0.137 e. The van der Waals surface area contributed by atoms with Crippen LogP contribution in [0, 0.1) is 0 Å². The lowest BCUT2D eigenvalue weighted by atomic mass is 10.0. The van der Waals surface area contributed by atoms with Gasteiger partial charge in [-0.25, -0.2) is 0 Å². The van der Waals surface area contributed by atoms with Gasteiger partial charge in [-0.3, -0.25) is 4.98 Å². The number of aromatic amines is 1. The fourth-order valence-electron chi connectivity index (χ4n) is 2.65. The highest BCUT2D eigenvalue weighted by atomic mass is 16.5. The third kappa shape index (κ3) is 1.97. The van der Waals surface area contributed by atoms with Gasteiger partial charge in [0.25, 0.3) is 0 Å². The second-order valence-corrected chi connectivity index (χ2v) is 4.99. The molecule has 108 valence electrons. The molecule has 0 fully saturated rings. The minimum atomic E-state index is 0.807. The first-order valence-electron chi connectivity index (χ1n) is 7.01. The molecule has 4 aromatic rings. The Bertz CT molecular complexity index is 906. The molecule has 4 nitrogen and oxygen atoms in total. The SMILES string of the molecule is COc1ccc(-c2ncc(-c3ccco3)c3[nH]ccc23)cc1. The molecule has 0 saturated carbocycles. The normalized spacial score (nSPS) is 11.0. The Morgan fingerprint density at radius 3 is 2.68 bits per heavy atom. The van der Waals surface area contributed by atoms with E-state index in [0.717, 1.165) is 39.2 Å². The van der Waals surface area contributed by atoms with Crippen molar-refractivity contribution in [3.63, 3.8) is 0 Å². The number of aromatic nitrogens is 2. The second-order valence-electron chi connectivity index (χ2n) is 4.99. The number of hydrogen-bond donors (Lipinski definition) is 1. The summed E-state index contributed by atoms with van der Waals surface area (Å²) < 4.78 is 10.7. The molecule has 0 aliphatic heterocycles. The first-order chi connectivity index (χ1) is 10.9. The van der Waals surface area contributed by atoms with Gasteiger partial charge in [0, 0.05) is 23.3 Å². The van der Waals surface area contributed by atoms with Crippen LogP contribution in [-0.2, 0) is 0 Å². The molecule has 1 N–H and O–H groups in total. The average molecular weight is 290 g/mol. The van der Waals surface area contributed by atoms with Gasteiger partial charge in [0.2, 0.25) is 0 Å². The van der Waals surface area contributed by atoms with Gasteiger partial charge in [0.05, 0.1) is 30.1 Å². The average Bonchev–Trinajstić information content (AvgIpc) is 3.25. The third-order valence-corrected chi connectivity index (χ3v) is 3.74. The van der Waals surface area contributed by atoms with E-state index in [4.69, 9.17) is 9.15 Å². The molecule has 0 spiro atoms. The van der Waals surface area contributed by atoms with Crippen LogP contribution in [0.3, 0.4) is 0 Å². The number of hydrogen-bond acceptors (Lipinski definition) is 3. The summed E-state index contributed by atoms with van der Waals surface area (Å²) in [5.74, 6) is 1.64. The molecule has 3 heterocycles. The lowest BCUT2D eigenvalue weighted by Gasteiger charge is -2.07. The Kier molecular flexibility index (Phi) is 2.93. The van der Waals surface area contributed by atoms with Crippen LogP contribution >= 0.6 is 0 Å². The number of H-pyrrole nitrogens is 1. The van der Waals surface area contributed by atoms with Crippen molar-refractivity contribution in [3.8, 4) is 28.3 Å². The quantitative estimate of drug-likeness (QED) is 0.604. The van der Waals surface area contributed by atoms with Gasteiger partial charge in [-0.1, -0.05) is 0 Å². The van der Waals surface area contributed by atoms with Crippen LogP contribution in [0.25, 0.3) is 33.5 Å². The first-order valence-corrected chi connectivity index (χ1v) is 7.01. The number of nitrogens with zero attached hydrogens (tertiary/aromatic N) is 1. The fourth-order valence-corrected chi connectivity index (χ4v) is 2.65. The van der Waals surface area contributed by atoms with E-state index < -0.39 is 0 Å². The van der Waals surface area contributed by atoms with E-state index >= 15 is 0 Å². The van der Waals surface area contributed by atoms with Crippen molar-refractivity contribution >= 4 is 10.9 Å². The molecule has 1 aromatic carbocycles. The predicted octanol–water partition coefficient (Wildman–Crippen LogP) is 4.50. The van der Waals surface area contributed by atoms with Crippen molar-refractivity contribution in [3.05, 3.63) is 61.1 Å². The molecule has 0 atom stereocenters.